The Balaban J connectivity index is 2.30. The number of hydrogen-bond acceptors (Lipinski definition) is 5. The third-order valence-corrected chi connectivity index (χ3v) is 4.38. The van der Waals surface area contributed by atoms with E-state index in [0.717, 1.165) is 9.33 Å². The Hall–Kier alpha value is -1.74. The second-order valence-electron chi connectivity index (χ2n) is 4.99. The number of ether oxygens (including phenoxy) is 3. The average Bonchev–Trinajstić information content (AvgIpc) is 3.10. The molecular formula is C17H20INO5. The van der Waals surface area contributed by atoms with E-state index in [0.29, 0.717) is 36.8 Å². The molecule has 2 aromatic rings. The van der Waals surface area contributed by atoms with Crippen molar-refractivity contribution in [2.75, 3.05) is 34.5 Å². The molecule has 0 aliphatic carbocycles. The number of nitrogens with zero attached hydrogens (tertiary/aromatic N) is 1. The van der Waals surface area contributed by atoms with Gasteiger partial charge in [0.05, 0.1) is 39.2 Å². The molecule has 24 heavy (non-hydrogen) atoms. The lowest BCUT2D eigenvalue weighted by Crippen LogP contribution is -2.33. The summed E-state index contributed by atoms with van der Waals surface area (Å²) in [4.78, 5) is 14.7. The van der Waals surface area contributed by atoms with Gasteiger partial charge in [-0.25, -0.2) is 0 Å². The highest BCUT2D eigenvalue weighted by Crippen LogP contribution is 2.32. The van der Waals surface area contributed by atoms with Crippen molar-refractivity contribution in [1.29, 1.82) is 0 Å². The van der Waals surface area contributed by atoms with E-state index < -0.39 is 0 Å². The van der Waals surface area contributed by atoms with E-state index >= 15 is 0 Å². The maximum absolute atomic E-state index is 13.0. The molecule has 0 radical (unpaired) electrons. The van der Waals surface area contributed by atoms with Crippen LogP contribution in [0.25, 0.3) is 0 Å². The maximum Gasteiger partial charge on any atom is 0.255 e. The lowest BCUT2D eigenvalue weighted by Gasteiger charge is -2.22. The monoisotopic (exact) mass is 445 g/mol. The molecule has 130 valence electrons. The summed E-state index contributed by atoms with van der Waals surface area (Å²) in [5.41, 5.74) is 0.552. The number of furan rings is 1. The second-order valence-corrected chi connectivity index (χ2v) is 6.15. The van der Waals surface area contributed by atoms with Crippen molar-refractivity contribution < 1.29 is 23.4 Å². The van der Waals surface area contributed by atoms with Crippen LogP contribution in [-0.2, 0) is 11.3 Å². The molecule has 0 saturated carbocycles. The molecule has 0 fully saturated rings. The highest BCUT2D eigenvalue weighted by Gasteiger charge is 2.22. The highest BCUT2D eigenvalue weighted by atomic mass is 127. The summed E-state index contributed by atoms with van der Waals surface area (Å²) in [6.07, 6.45) is 1.59. The Labute approximate surface area is 154 Å². The van der Waals surface area contributed by atoms with Crippen molar-refractivity contribution in [1.82, 2.24) is 4.90 Å². The quantitative estimate of drug-likeness (QED) is 0.585. The minimum atomic E-state index is -0.117. The Morgan fingerprint density at radius 2 is 1.92 bits per heavy atom. The summed E-state index contributed by atoms with van der Waals surface area (Å²) in [5.74, 6) is 1.71. The molecule has 6 nitrogen and oxygen atoms in total. The largest absolute Gasteiger partial charge is 0.493 e. The fourth-order valence-corrected chi connectivity index (χ4v) is 2.90. The molecule has 2 rings (SSSR count). The molecule has 0 N–H and O–H groups in total. The van der Waals surface area contributed by atoms with Crippen molar-refractivity contribution >= 4 is 28.5 Å². The number of benzene rings is 1. The number of hydrogen-bond donors (Lipinski definition) is 0. The van der Waals surface area contributed by atoms with E-state index in [1.165, 1.54) is 0 Å². The molecule has 1 heterocycles. The van der Waals surface area contributed by atoms with Crippen molar-refractivity contribution in [2.45, 2.75) is 6.54 Å². The molecule has 1 aromatic carbocycles. The number of rotatable bonds is 8. The van der Waals surface area contributed by atoms with Crippen LogP contribution in [0, 0.1) is 3.57 Å². The minimum absolute atomic E-state index is 0.117. The van der Waals surface area contributed by atoms with Gasteiger partial charge in [-0.05, 0) is 46.9 Å². The SMILES string of the molecule is COCCN(Cc1ccco1)C(=O)c1cc(OC)c(OC)cc1I. The summed E-state index contributed by atoms with van der Waals surface area (Å²) in [6.45, 7) is 1.27. The minimum Gasteiger partial charge on any atom is -0.493 e. The smallest absolute Gasteiger partial charge is 0.255 e. The van der Waals surface area contributed by atoms with E-state index in [1.807, 2.05) is 6.07 Å². The summed E-state index contributed by atoms with van der Waals surface area (Å²) < 4.78 is 21.8. The summed E-state index contributed by atoms with van der Waals surface area (Å²) in [7, 11) is 4.72. The summed E-state index contributed by atoms with van der Waals surface area (Å²) in [6, 6.07) is 7.13. The molecule has 0 bridgehead atoms. The van der Waals surface area contributed by atoms with E-state index in [1.54, 1.807) is 50.7 Å². The first kappa shape index (κ1) is 18.6. The lowest BCUT2D eigenvalue weighted by molar-refractivity contribution is 0.0665. The molecule has 0 atom stereocenters. The molecule has 0 saturated heterocycles. The second kappa shape index (κ2) is 8.93. The predicted molar refractivity (Wildman–Crippen MR) is 97.6 cm³/mol. The Morgan fingerprint density at radius 3 is 2.50 bits per heavy atom. The number of amides is 1. The first-order valence-corrected chi connectivity index (χ1v) is 8.40. The van der Waals surface area contributed by atoms with Crippen molar-refractivity contribution in [3.8, 4) is 11.5 Å². The first-order chi connectivity index (χ1) is 11.6. The van der Waals surface area contributed by atoms with Gasteiger partial charge in [0.1, 0.15) is 5.76 Å². The van der Waals surface area contributed by atoms with Crippen LogP contribution < -0.4 is 9.47 Å². The van der Waals surface area contributed by atoms with Gasteiger partial charge in [0.15, 0.2) is 11.5 Å². The number of halogens is 1. The number of carbonyl (C=O) groups is 1. The third-order valence-electron chi connectivity index (χ3n) is 3.48. The number of carbonyl (C=O) groups excluding carboxylic acids is 1. The van der Waals surface area contributed by atoms with E-state index in [4.69, 9.17) is 18.6 Å². The first-order valence-electron chi connectivity index (χ1n) is 7.32. The van der Waals surface area contributed by atoms with E-state index in [-0.39, 0.29) is 5.91 Å². The van der Waals surface area contributed by atoms with Crippen molar-refractivity contribution in [3.05, 3.63) is 45.4 Å². The molecule has 7 heteroatoms. The van der Waals surface area contributed by atoms with Crippen LogP contribution in [0.15, 0.2) is 34.9 Å². The van der Waals surface area contributed by atoms with Gasteiger partial charge >= 0.3 is 0 Å². The van der Waals surface area contributed by atoms with Crippen LogP contribution in [0.1, 0.15) is 16.1 Å². The lowest BCUT2D eigenvalue weighted by atomic mass is 10.1. The average molecular weight is 445 g/mol. The van der Waals surface area contributed by atoms with Crippen LogP contribution in [0.4, 0.5) is 0 Å². The topological polar surface area (TPSA) is 61.1 Å². The van der Waals surface area contributed by atoms with Gasteiger partial charge in [0.25, 0.3) is 5.91 Å². The molecule has 1 aromatic heterocycles. The molecule has 1 amide bonds. The van der Waals surface area contributed by atoms with Gasteiger partial charge in [0.2, 0.25) is 0 Å². The van der Waals surface area contributed by atoms with E-state index in [9.17, 15) is 4.79 Å². The van der Waals surface area contributed by atoms with Gasteiger partial charge in [-0.2, -0.15) is 0 Å². The fourth-order valence-electron chi connectivity index (χ4n) is 2.23. The van der Waals surface area contributed by atoms with Gasteiger partial charge in [-0.1, -0.05) is 0 Å². The molecule has 0 unspecified atom stereocenters. The summed E-state index contributed by atoms with van der Waals surface area (Å²) in [5, 5.41) is 0. The van der Waals surface area contributed by atoms with Crippen LogP contribution in [0.2, 0.25) is 0 Å². The number of methoxy groups -OCH3 is 3. The van der Waals surface area contributed by atoms with Crippen LogP contribution >= 0.6 is 22.6 Å². The third kappa shape index (κ3) is 4.41. The predicted octanol–water partition coefficient (Wildman–Crippen LogP) is 3.19. The molecule has 0 aliphatic heterocycles. The standard InChI is InChI=1S/C17H20INO5/c1-21-8-6-19(11-12-5-4-7-24-12)17(20)13-9-15(22-2)16(23-3)10-14(13)18/h4-5,7,9-10H,6,8,11H2,1-3H3. The summed E-state index contributed by atoms with van der Waals surface area (Å²) >= 11 is 2.12. The zero-order valence-electron chi connectivity index (χ0n) is 13.9. The van der Waals surface area contributed by atoms with Gasteiger partial charge in [-0.3, -0.25) is 4.79 Å². The molecular weight excluding hydrogens is 425 g/mol. The van der Waals surface area contributed by atoms with Crippen molar-refractivity contribution in [3.63, 3.8) is 0 Å². The Bertz CT molecular complexity index is 672. The van der Waals surface area contributed by atoms with Crippen LogP contribution in [0.5, 0.6) is 11.5 Å². The van der Waals surface area contributed by atoms with Crippen LogP contribution in [-0.4, -0.2) is 45.3 Å². The Morgan fingerprint density at radius 1 is 1.21 bits per heavy atom. The Kier molecular flexibility index (Phi) is 6.92. The zero-order chi connectivity index (χ0) is 17.5. The van der Waals surface area contributed by atoms with Gasteiger partial charge in [-0.15, -0.1) is 0 Å². The van der Waals surface area contributed by atoms with Gasteiger partial charge < -0.3 is 23.5 Å². The normalized spacial score (nSPS) is 10.5. The molecule has 0 aliphatic rings. The molecule has 0 spiro atoms. The fraction of sp³-hybridized carbons (Fsp3) is 0.353. The van der Waals surface area contributed by atoms with E-state index in [2.05, 4.69) is 22.6 Å². The maximum atomic E-state index is 13.0. The van der Waals surface area contributed by atoms with Crippen molar-refractivity contribution in [2.24, 2.45) is 0 Å². The van der Waals surface area contributed by atoms with Gasteiger partial charge in [0, 0.05) is 17.2 Å². The highest BCUT2D eigenvalue weighted by molar-refractivity contribution is 14.1. The zero-order valence-corrected chi connectivity index (χ0v) is 16.0. The van der Waals surface area contributed by atoms with Crippen LogP contribution in [0.3, 0.4) is 0 Å².